The van der Waals surface area contributed by atoms with Crippen molar-refractivity contribution < 1.29 is 24.3 Å². The van der Waals surface area contributed by atoms with Gasteiger partial charge >= 0.3 is 5.97 Å². The van der Waals surface area contributed by atoms with Crippen LogP contribution < -0.4 is 33.2 Å². The monoisotopic (exact) mass is 470 g/mol. The van der Waals surface area contributed by atoms with Crippen LogP contribution in [-0.4, -0.2) is 83.5 Å². The smallest absolute Gasteiger partial charge is 0.326 e. The maximum Gasteiger partial charge on any atom is 0.326 e. The molecule has 1 fully saturated rings. The van der Waals surface area contributed by atoms with Gasteiger partial charge in [0.2, 0.25) is 17.7 Å². The van der Waals surface area contributed by atoms with E-state index in [1.165, 1.54) is 11.8 Å². The number of unbranched alkanes of at least 4 members (excludes halogenated alkanes) is 1. The van der Waals surface area contributed by atoms with Crippen LogP contribution in [0, 0.1) is 5.41 Å². The standard InChI is InChI=1S/C20H38N8O5/c1-12(18(31)28-11-5-8-15(28)19(32)33)26-17(30)14(7-2-3-9-21)27-16(29)13(22)6-4-10-25-20(23)24/h12-15H,2-11,21-22H2,1H3,(H,26,30)(H,27,29)(H,32,33)(H4,23,24,25)/t12-,13-,14-,15-/m0/s1. The number of nitrogens with one attached hydrogen (secondary N) is 4. The van der Waals surface area contributed by atoms with Gasteiger partial charge in [-0.25, -0.2) is 4.79 Å². The fraction of sp³-hybridized carbons (Fsp3) is 0.750. The Bertz CT molecular complexity index is 704. The number of rotatable bonds is 14. The van der Waals surface area contributed by atoms with Crippen LogP contribution in [0.5, 0.6) is 0 Å². The molecule has 13 heteroatoms. The number of guanidine groups is 1. The van der Waals surface area contributed by atoms with Gasteiger partial charge in [-0.15, -0.1) is 0 Å². The van der Waals surface area contributed by atoms with Gasteiger partial charge in [0, 0.05) is 13.1 Å². The van der Waals surface area contributed by atoms with Crippen molar-refractivity contribution in [2.45, 2.75) is 76.0 Å². The molecule has 0 aromatic rings. The Kier molecular flexibility index (Phi) is 12.1. The zero-order valence-electron chi connectivity index (χ0n) is 19.1. The van der Waals surface area contributed by atoms with E-state index < -0.39 is 47.9 Å². The van der Waals surface area contributed by atoms with Gasteiger partial charge in [-0.3, -0.25) is 19.8 Å². The maximum atomic E-state index is 12.8. The molecule has 1 heterocycles. The zero-order chi connectivity index (χ0) is 25.0. The lowest BCUT2D eigenvalue weighted by molar-refractivity contribution is -0.149. The lowest BCUT2D eigenvalue weighted by Crippen LogP contribution is -2.56. The molecule has 33 heavy (non-hydrogen) atoms. The molecule has 188 valence electrons. The van der Waals surface area contributed by atoms with Gasteiger partial charge in [0.05, 0.1) is 6.04 Å². The first-order valence-corrected chi connectivity index (χ1v) is 11.3. The van der Waals surface area contributed by atoms with E-state index >= 15 is 0 Å². The fourth-order valence-electron chi connectivity index (χ4n) is 3.63. The number of carbonyl (C=O) groups is 4. The third kappa shape index (κ3) is 9.61. The highest BCUT2D eigenvalue weighted by atomic mass is 16.4. The van der Waals surface area contributed by atoms with E-state index in [2.05, 4.69) is 16.0 Å². The molecule has 4 atom stereocenters. The van der Waals surface area contributed by atoms with Crippen molar-refractivity contribution >= 4 is 29.7 Å². The van der Waals surface area contributed by atoms with Gasteiger partial charge in [-0.05, 0) is 58.4 Å². The van der Waals surface area contributed by atoms with E-state index in [9.17, 15) is 24.3 Å². The molecule has 0 saturated carbocycles. The third-order valence-corrected chi connectivity index (χ3v) is 5.47. The second-order valence-corrected chi connectivity index (χ2v) is 8.19. The first kappa shape index (κ1) is 28.1. The highest BCUT2D eigenvalue weighted by Crippen LogP contribution is 2.18. The Morgan fingerprint density at radius 1 is 1.12 bits per heavy atom. The van der Waals surface area contributed by atoms with E-state index in [0.29, 0.717) is 64.6 Å². The lowest BCUT2D eigenvalue weighted by atomic mass is 10.1. The van der Waals surface area contributed by atoms with Crippen LogP contribution in [-0.2, 0) is 19.2 Å². The number of carbonyl (C=O) groups excluding carboxylic acids is 3. The predicted molar refractivity (Wildman–Crippen MR) is 122 cm³/mol. The molecule has 0 aromatic heterocycles. The number of amides is 3. The second kappa shape index (κ2) is 14.3. The zero-order valence-corrected chi connectivity index (χ0v) is 19.1. The van der Waals surface area contributed by atoms with Gasteiger partial charge in [0.25, 0.3) is 0 Å². The van der Waals surface area contributed by atoms with Gasteiger partial charge in [-0.2, -0.15) is 0 Å². The summed E-state index contributed by atoms with van der Waals surface area (Å²) in [6.45, 7) is 2.64. The molecule has 11 N–H and O–H groups in total. The van der Waals surface area contributed by atoms with E-state index in [-0.39, 0.29) is 5.96 Å². The summed E-state index contributed by atoms with van der Waals surface area (Å²) in [4.78, 5) is 50.7. The Morgan fingerprint density at radius 2 is 1.82 bits per heavy atom. The first-order valence-electron chi connectivity index (χ1n) is 11.3. The molecule has 3 amide bonds. The normalized spacial score (nSPS) is 18.2. The predicted octanol–water partition coefficient (Wildman–Crippen LogP) is -2.23. The summed E-state index contributed by atoms with van der Waals surface area (Å²) in [5.41, 5.74) is 16.6. The van der Waals surface area contributed by atoms with Crippen molar-refractivity contribution in [3.05, 3.63) is 0 Å². The number of aliphatic carboxylic acids is 1. The van der Waals surface area contributed by atoms with Gasteiger partial charge < -0.3 is 43.2 Å². The largest absolute Gasteiger partial charge is 0.480 e. The Hall–Kier alpha value is -2.93. The molecule has 1 saturated heterocycles. The number of nitrogens with zero attached hydrogens (tertiary/aromatic N) is 1. The average Bonchev–Trinajstić information content (AvgIpc) is 3.25. The van der Waals surface area contributed by atoms with Gasteiger partial charge in [-0.1, -0.05) is 0 Å². The molecule has 0 spiro atoms. The van der Waals surface area contributed by atoms with Crippen molar-refractivity contribution in [2.24, 2.45) is 17.2 Å². The summed E-state index contributed by atoms with van der Waals surface area (Å²) < 4.78 is 0. The SMILES string of the molecule is C[C@H](NC(=O)[C@H](CCCCN)NC(=O)[C@@H](N)CCCNC(=N)N)C(=O)N1CCC[C@H]1C(=O)O. The van der Waals surface area contributed by atoms with Gasteiger partial charge in [0.15, 0.2) is 5.96 Å². The minimum atomic E-state index is -1.07. The van der Waals surface area contributed by atoms with Crippen molar-refractivity contribution in [3.63, 3.8) is 0 Å². The molecule has 0 bridgehead atoms. The summed E-state index contributed by atoms with van der Waals surface area (Å²) in [6, 6.07) is -3.61. The number of nitrogens with two attached hydrogens (primary N) is 3. The molecule has 0 aliphatic carbocycles. The van der Waals surface area contributed by atoms with Crippen LogP contribution in [0.2, 0.25) is 0 Å². The molecule has 0 radical (unpaired) electrons. The number of hydrogen-bond acceptors (Lipinski definition) is 7. The topological polar surface area (TPSA) is 230 Å². The highest BCUT2D eigenvalue weighted by Gasteiger charge is 2.36. The summed E-state index contributed by atoms with van der Waals surface area (Å²) in [7, 11) is 0. The van der Waals surface area contributed by atoms with Crippen LogP contribution >= 0.6 is 0 Å². The quantitative estimate of drug-likeness (QED) is 0.0778. The van der Waals surface area contributed by atoms with E-state index in [1.807, 2.05) is 0 Å². The van der Waals surface area contributed by atoms with Crippen LogP contribution in [0.25, 0.3) is 0 Å². The number of carboxylic acid groups (broad SMARTS) is 1. The summed E-state index contributed by atoms with van der Waals surface area (Å²) >= 11 is 0. The fourth-order valence-corrected chi connectivity index (χ4v) is 3.63. The van der Waals surface area contributed by atoms with Crippen LogP contribution in [0.4, 0.5) is 0 Å². The van der Waals surface area contributed by atoms with Crippen molar-refractivity contribution in [3.8, 4) is 0 Å². The molecule has 0 aromatic carbocycles. The van der Waals surface area contributed by atoms with E-state index in [1.54, 1.807) is 0 Å². The molecule has 13 nitrogen and oxygen atoms in total. The summed E-state index contributed by atoms with van der Waals surface area (Å²) in [5, 5.41) is 24.3. The number of hydrogen-bond donors (Lipinski definition) is 8. The van der Waals surface area contributed by atoms with Crippen molar-refractivity contribution in [1.29, 1.82) is 5.41 Å². The molecule has 1 aliphatic heterocycles. The minimum Gasteiger partial charge on any atom is -0.480 e. The third-order valence-electron chi connectivity index (χ3n) is 5.47. The van der Waals surface area contributed by atoms with Crippen LogP contribution in [0.1, 0.15) is 51.9 Å². The maximum absolute atomic E-state index is 12.8. The molecular formula is C20H38N8O5. The van der Waals surface area contributed by atoms with Crippen LogP contribution in [0.3, 0.4) is 0 Å². The molecular weight excluding hydrogens is 432 g/mol. The van der Waals surface area contributed by atoms with Crippen LogP contribution in [0.15, 0.2) is 0 Å². The summed E-state index contributed by atoms with van der Waals surface area (Å²) in [5.74, 6) is -2.77. The van der Waals surface area contributed by atoms with Crippen molar-refractivity contribution in [1.82, 2.24) is 20.9 Å². The molecule has 1 rings (SSSR count). The number of likely N-dealkylation sites (tertiary alicyclic amines) is 1. The van der Waals surface area contributed by atoms with E-state index in [4.69, 9.17) is 22.6 Å². The van der Waals surface area contributed by atoms with E-state index in [0.717, 1.165) is 0 Å². The van der Waals surface area contributed by atoms with Crippen molar-refractivity contribution in [2.75, 3.05) is 19.6 Å². The Balaban J connectivity index is 2.69. The molecule has 0 unspecified atom stereocenters. The van der Waals surface area contributed by atoms with Gasteiger partial charge in [0.1, 0.15) is 18.1 Å². The average molecular weight is 471 g/mol. The molecule has 1 aliphatic rings. The summed E-state index contributed by atoms with van der Waals surface area (Å²) in [6.07, 6.45) is 3.34. The minimum absolute atomic E-state index is 0.170. The number of carboxylic acids is 1. The lowest BCUT2D eigenvalue weighted by Gasteiger charge is -2.27. The Morgan fingerprint density at radius 3 is 2.42 bits per heavy atom. The Labute approximate surface area is 193 Å². The highest BCUT2D eigenvalue weighted by molar-refractivity contribution is 5.94. The first-order chi connectivity index (χ1) is 15.6. The second-order valence-electron chi connectivity index (χ2n) is 8.19.